The molecule has 1 amide bonds. The third-order valence-corrected chi connectivity index (χ3v) is 5.33. The van der Waals surface area contributed by atoms with Crippen LogP contribution in [0.3, 0.4) is 0 Å². The van der Waals surface area contributed by atoms with Crippen LogP contribution in [0.4, 0.5) is 9.52 Å². The highest BCUT2D eigenvalue weighted by molar-refractivity contribution is 7.13. The number of piperazine rings is 1. The molecule has 1 aromatic carbocycles. The van der Waals surface area contributed by atoms with E-state index < -0.39 is 11.9 Å². The molecule has 24 heavy (non-hydrogen) atoms. The first kappa shape index (κ1) is 16.9. The highest BCUT2D eigenvalue weighted by Crippen LogP contribution is 2.28. The average molecular weight is 348 g/mol. The number of aryl methyl sites for hydroxylation is 1. The van der Waals surface area contributed by atoms with Crippen LogP contribution >= 0.6 is 11.3 Å². The maximum Gasteiger partial charge on any atom is 0.239 e. The van der Waals surface area contributed by atoms with E-state index in [1.165, 1.54) is 12.1 Å². The number of benzene rings is 1. The second-order valence-corrected chi connectivity index (χ2v) is 7.00. The molecule has 1 aliphatic heterocycles. The lowest BCUT2D eigenvalue weighted by molar-refractivity contribution is -0.123. The predicted octanol–water partition coefficient (Wildman–Crippen LogP) is 2.33. The molecule has 2 heterocycles. The zero-order valence-electron chi connectivity index (χ0n) is 13.8. The lowest BCUT2D eigenvalue weighted by Crippen LogP contribution is -2.54. The minimum Gasteiger partial charge on any atom is -0.368 e. The van der Waals surface area contributed by atoms with Gasteiger partial charge in [-0.3, -0.25) is 9.69 Å². The Bertz CT molecular complexity index is 718. The Hall–Kier alpha value is -1.99. The molecule has 0 bridgehead atoms. The van der Waals surface area contributed by atoms with Crippen LogP contribution in [0.1, 0.15) is 24.2 Å². The summed E-state index contributed by atoms with van der Waals surface area (Å²) < 4.78 is 13.2. The van der Waals surface area contributed by atoms with Gasteiger partial charge in [0.2, 0.25) is 5.91 Å². The molecule has 128 valence electrons. The first-order chi connectivity index (χ1) is 11.5. The van der Waals surface area contributed by atoms with Crippen molar-refractivity contribution in [2.24, 2.45) is 5.73 Å². The maximum atomic E-state index is 13.2. The Morgan fingerprint density at radius 2 is 2.08 bits per heavy atom. The van der Waals surface area contributed by atoms with E-state index in [4.69, 9.17) is 5.73 Å². The van der Waals surface area contributed by atoms with Crippen LogP contribution in [0.15, 0.2) is 29.6 Å². The van der Waals surface area contributed by atoms with E-state index in [-0.39, 0.29) is 11.9 Å². The molecule has 0 aliphatic carbocycles. The zero-order valence-corrected chi connectivity index (χ0v) is 14.6. The van der Waals surface area contributed by atoms with E-state index in [0.717, 1.165) is 22.9 Å². The number of nitrogens with two attached hydrogens (primary N) is 1. The van der Waals surface area contributed by atoms with E-state index in [1.807, 2.05) is 12.3 Å². The van der Waals surface area contributed by atoms with Gasteiger partial charge in [-0.15, -0.1) is 11.3 Å². The van der Waals surface area contributed by atoms with Crippen molar-refractivity contribution in [3.63, 3.8) is 0 Å². The summed E-state index contributed by atoms with van der Waals surface area (Å²) in [5, 5.41) is 3.05. The molecule has 0 saturated carbocycles. The van der Waals surface area contributed by atoms with Gasteiger partial charge in [0, 0.05) is 31.1 Å². The first-order valence-electron chi connectivity index (χ1n) is 7.93. The van der Waals surface area contributed by atoms with Crippen LogP contribution in [0, 0.1) is 12.7 Å². The first-order valence-corrected chi connectivity index (χ1v) is 8.81. The summed E-state index contributed by atoms with van der Waals surface area (Å²) in [6, 6.07) is 5.67. The molecular weight excluding hydrogens is 327 g/mol. The van der Waals surface area contributed by atoms with Crippen LogP contribution in [0.2, 0.25) is 0 Å². The Morgan fingerprint density at radius 3 is 2.62 bits per heavy atom. The number of thiazole rings is 1. The largest absolute Gasteiger partial charge is 0.368 e. The number of amides is 1. The second-order valence-electron chi connectivity index (χ2n) is 6.17. The second kappa shape index (κ2) is 6.86. The van der Waals surface area contributed by atoms with Gasteiger partial charge in [-0.05, 0) is 31.5 Å². The smallest absolute Gasteiger partial charge is 0.239 e. The fraction of sp³-hybridized carbons (Fsp3) is 0.412. The molecule has 5 nitrogen and oxygen atoms in total. The topological polar surface area (TPSA) is 62.5 Å². The highest BCUT2D eigenvalue weighted by atomic mass is 32.1. The van der Waals surface area contributed by atoms with Crippen molar-refractivity contribution >= 4 is 22.4 Å². The van der Waals surface area contributed by atoms with Crippen LogP contribution in [-0.4, -0.2) is 41.5 Å². The quantitative estimate of drug-likeness (QED) is 0.921. The number of hydrogen-bond donors (Lipinski definition) is 1. The van der Waals surface area contributed by atoms with Gasteiger partial charge < -0.3 is 10.6 Å². The lowest BCUT2D eigenvalue weighted by atomic mass is 10.0. The zero-order chi connectivity index (χ0) is 17.3. The van der Waals surface area contributed by atoms with Gasteiger partial charge in [-0.2, -0.15) is 0 Å². The maximum absolute atomic E-state index is 13.2. The third-order valence-electron chi connectivity index (χ3n) is 4.33. The summed E-state index contributed by atoms with van der Waals surface area (Å²) in [6.45, 7) is 6.28. The predicted molar refractivity (Wildman–Crippen MR) is 93.6 cm³/mol. The van der Waals surface area contributed by atoms with Gasteiger partial charge in [0.1, 0.15) is 11.9 Å². The summed E-state index contributed by atoms with van der Waals surface area (Å²) in [7, 11) is 0. The van der Waals surface area contributed by atoms with Gasteiger partial charge in [-0.1, -0.05) is 12.1 Å². The molecule has 1 saturated heterocycles. The molecule has 0 spiro atoms. The van der Waals surface area contributed by atoms with E-state index in [2.05, 4.69) is 21.7 Å². The number of hydrogen-bond acceptors (Lipinski definition) is 5. The Balaban J connectivity index is 1.77. The van der Waals surface area contributed by atoms with E-state index in [0.29, 0.717) is 13.1 Å². The SMILES string of the molecule is Cc1csc(N2CCN(C(C(N)=O)c3ccc(F)cc3)CC2C)n1. The monoisotopic (exact) mass is 348 g/mol. The lowest BCUT2D eigenvalue weighted by Gasteiger charge is -2.42. The fourth-order valence-corrected chi connectivity index (χ4v) is 4.11. The number of aromatic nitrogens is 1. The van der Waals surface area contributed by atoms with Crippen molar-refractivity contribution in [3.05, 3.63) is 46.7 Å². The average Bonchev–Trinajstić information content (AvgIpc) is 2.95. The number of halogens is 1. The summed E-state index contributed by atoms with van der Waals surface area (Å²) in [5.41, 5.74) is 7.38. The molecule has 1 aliphatic rings. The van der Waals surface area contributed by atoms with Crippen LogP contribution in [-0.2, 0) is 4.79 Å². The number of rotatable bonds is 4. The summed E-state index contributed by atoms with van der Waals surface area (Å²) in [6.07, 6.45) is 0. The molecule has 2 unspecified atom stereocenters. The van der Waals surface area contributed by atoms with Crippen molar-refractivity contribution in [2.75, 3.05) is 24.5 Å². The van der Waals surface area contributed by atoms with E-state index >= 15 is 0 Å². The minimum absolute atomic E-state index is 0.214. The van der Waals surface area contributed by atoms with Crippen molar-refractivity contribution in [1.82, 2.24) is 9.88 Å². The molecule has 0 radical (unpaired) electrons. The fourth-order valence-electron chi connectivity index (χ4n) is 3.18. The minimum atomic E-state index is -0.534. The highest BCUT2D eigenvalue weighted by Gasteiger charge is 2.33. The number of carbonyl (C=O) groups is 1. The van der Waals surface area contributed by atoms with Crippen LogP contribution < -0.4 is 10.6 Å². The van der Waals surface area contributed by atoms with Gasteiger partial charge >= 0.3 is 0 Å². The Labute approximate surface area is 144 Å². The summed E-state index contributed by atoms with van der Waals surface area (Å²) in [5.74, 6) is -0.730. The third kappa shape index (κ3) is 3.42. The Morgan fingerprint density at radius 1 is 1.38 bits per heavy atom. The molecular formula is C17H21FN4OS. The number of primary amides is 1. The Kier molecular flexibility index (Phi) is 4.82. The van der Waals surface area contributed by atoms with Crippen LogP contribution in [0.25, 0.3) is 0 Å². The molecule has 2 N–H and O–H groups in total. The van der Waals surface area contributed by atoms with Gasteiger partial charge in [0.05, 0.1) is 5.69 Å². The van der Waals surface area contributed by atoms with Crippen LogP contribution in [0.5, 0.6) is 0 Å². The summed E-state index contributed by atoms with van der Waals surface area (Å²) >= 11 is 1.64. The molecule has 7 heteroatoms. The molecule has 1 aromatic heterocycles. The van der Waals surface area contributed by atoms with E-state index in [1.54, 1.807) is 23.5 Å². The number of nitrogens with zero attached hydrogens (tertiary/aromatic N) is 3. The molecule has 1 fully saturated rings. The van der Waals surface area contributed by atoms with Gasteiger partial charge in [0.15, 0.2) is 5.13 Å². The number of anilines is 1. The summed E-state index contributed by atoms with van der Waals surface area (Å²) in [4.78, 5) is 20.9. The standard InChI is InChI=1S/C17H21FN4OS/c1-11-10-24-17(20-11)22-8-7-21(9-12(22)2)15(16(19)23)13-3-5-14(18)6-4-13/h3-6,10,12,15H,7-9H2,1-2H3,(H2,19,23). The van der Waals surface area contributed by atoms with Crippen molar-refractivity contribution in [1.29, 1.82) is 0 Å². The number of carbonyl (C=O) groups excluding carboxylic acids is 1. The van der Waals surface area contributed by atoms with Crippen molar-refractivity contribution in [2.45, 2.75) is 25.9 Å². The van der Waals surface area contributed by atoms with Gasteiger partial charge in [0.25, 0.3) is 0 Å². The van der Waals surface area contributed by atoms with Crippen molar-refractivity contribution in [3.8, 4) is 0 Å². The van der Waals surface area contributed by atoms with Crippen molar-refractivity contribution < 1.29 is 9.18 Å². The molecule has 3 rings (SSSR count). The van der Waals surface area contributed by atoms with E-state index in [9.17, 15) is 9.18 Å². The molecule has 2 atom stereocenters. The van der Waals surface area contributed by atoms with Gasteiger partial charge in [-0.25, -0.2) is 9.37 Å². The normalized spacial score (nSPS) is 20.1. The molecule has 2 aromatic rings.